The summed E-state index contributed by atoms with van der Waals surface area (Å²) in [6.07, 6.45) is 3.68. The van der Waals surface area contributed by atoms with Gasteiger partial charge in [-0.1, -0.05) is 13.8 Å². The summed E-state index contributed by atoms with van der Waals surface area (Å²) in [5.74, 6) is 0.143. The Balaban J connectivity index is 2.40. The molecule has 0 aliphatic carbocycles. The van der Waals surface area contributed by atoms with Gasteiger partial charge in [0.1, 0.15) is 0 Å². The minimum Gasteiger partial charge on any atom is -0.481 e. The van der Waals surface area contributed by atoms with Crippen LogP contribution in [0.5, 0.6) is 0 Å². The van der Waals surface area contributed by atoms with Crippen molar-refractivity contribution < 1.29 is 9.90 Å². The van der Waals surface area contributed by atoms with Crippen molar-refractivity contribution in [2.75, 3.05) is 13.1 Å². The van der Waals surface area contributed by atoms with Crippen LogP contribution in [0.25, 0.3) is 0 Å². The van der Waals surface area contributed by atoms with Crippen LogP contribution >= 0.6 is 0 Å². The van der Waals surface area contributed by atoms with Crippen LogP contribution in [0.2, 0.25) is 0 Å². The SMILES string of the molecule is CCC(CC(=O)O)N1CCC(C)CC1. The molecule has 1 aliphatic rings. The lowest BCUT2D eigenvalue weighted by Gasteiger charge is -2.35. The largest absolute Gasteiger partial charge is 0.481 e. The first kappa shape index (κ1) is 11.5. The maximum atomic E-state index is 10.6. The molecule has 0 bridgehead atoms. The summed E-state index contributed by atoms with van der Waals surface area (Å²) in [5, 5.41) is 8.77. The summed E-state index contributed by atoms with van der Waals surface area (Å²) in [4.78, 5) is 13.0. The molecule has 0 radical (unpaired) electrons. The molecule has 1 N–H and O–H groups in total. The van der Waals surface area contributed by atoms with Crippen molar-refractivity contribution in [3.8, 4) is 0 Å². The molecule has 3 heteroatoms. The van der Waals surface area contributed by atoms with Crippen LogP contribution in [0.4, 0.5) is 0 Å². The van der Waals surface area contributed by atoms with Crippen molar-refractivity contribution in [2.24, 2.45) is 5.92 Å². The van der Waals surface area contributed by atoms with Crippen LogP contribution in [0.15, 0.2) is 0 Å². The fraction of sp³-hybridized carbons (Fsp3) is 0.909. The number of rotatable bonds is 4. The van der Waals surface area contributed by atoms with Gasteiger partial charge in [-0.3, -0.25) is 9.69 Å². The molecule has 1 aliphatic heterocycles. The number of hydrogen-bond acceptors (Lipinski definition) is 2. The van der Waals surface area contributed by atoms with Crippen molar-refractivity contribution in [3.63, 3.8) is 0 Å². The van der Waals surface area contributed by atoms with E-state index in [2.05, 4.69) is 18.7 Å². The Labute approximate surface area is 86.1 Å². The van der Waals surface area contributed by atoms with Gasteiger partial charge in [-0.15, -0.1) is 0 Å². The van der Waals surface area contributed by atoms with Crippen LogP contribution in [0.1, 0.15) is 39.5 Å². The molecule has 1 saturated heterocycles. The molecular formula is C11H21NO2. The monoisotopic (exact) mass is 199 g/mol. The fourth-order valence-electron chi connectivity index (χ4n) is 2.13. The van der Waals surface area contributed by atoms with E-state index >= 15 is 0 Å². The van der Waals surface area contributed by atoms with Crippen LogP contribution in [-0.4, -0.2) is 35.1 Å². The first-order chi connectivity index (χ1) is 6.63. The number of nitrogens with zero attached hydrogens (tertiary/aromatic N) is 1. The summed E-state index contributed by atoms with van der Waals surface area (Å²) in [6, 6.07) is 0.250. The van der Waals surface area contributed by atoms with Gasteiger partial charge in [-0.2, -0.15) is 0 Å². The van der Waals surface area contributed by atoms with Crippen molar-refractivity contribution in [1.82, 2.24) is 4.90 Å². The predicted octanol–water partition coefficient (Wildman–Crippen LogP) is 1.97. The molecule has 0 aromatic carbocycles. The maximum absolute atomic E-state index is 10.6. The molecule has 0 spiro atoms. The Kier molecular flexibility index (Phi) is 4.39. The Morgan fingerprint density at radius 2 is 2.07 bits per heavy atom. The average molecular weight is 199 g/mol. The van der Waals surface area contributed by atoms with E-state index < -0.39 is 5.97 Å². The highest BCUT2D eigenvalue weighted by molar-refractivity contribution is 5.67. The van der Waals surface area contributed by atoms with Gasteiger partial charge in [-0.05, 0) is 38.3 Å². The molecule has 0 aromatic rings. The molecular weight excluding hydrogens is 178 g/mol. The summed E-state index contributed by atoms with van der Waals surface area (Å²) in [7, 11) is 0. The summed E-state index contributed by atoms with van der Waals surface area (Å²) < 4.78 is 0. The van der Waals surface area contributed by atoms with E-state index in [0.717, 1.165) is 25.4 Å². The van der Waals surface area contributed by atoms with Gasteiger partial charge in [0.15, 0.2) is 0 Å². The third kappa shape index (κ3) is 3.29. The van der Waals surface area contributed by atoms with E-state index in [1.54, 1.807) is 0 Å². The quantitative estimate of drug-likeness (QED) is 0.752. The molecule has 1 atom stereocenters. The summed E-state index contributed by atoms with van der Waals surface area (Å²) in [6.45, 7) is 6.50. The molecule has 14 heavy (non-hydrogen) atoms. The second kappa shape index (κ2) is 5.35. The molecule has 82 valence electrons. The lowest BCUT2D eigenvalue weighted by molar-refractivity contribution is -0.138. The summed E-state index contributed by atoms with van der Waals surface area (Å²) in [5.41, 5.74) is 0. The van der Waals surface area contributed by atoms with Gasteiger partial charge < -0.3 is 5.11 Å². The van der Waals surface area contributed by atoms with Crippen molar-refractivity contribution in [1.29, 1.82) is 0 Å². The second-order valence-electron chi connectivity index (χ2n) is 4.38. The van der Waals surface area contributed by atoms with E-state index in [1.807, 2.05) is 0 Å². The van der Waals surface area contributed by atoms with Gasteiger partial charge in [0.2, 0.25) is 0 Å². The highest BCUT2D eigenvalue weighted by Crippen LogP contribution is 2.20. The lowest BCUT2D eigenvalue weighted by atomic mass is 9.96. The zero-order valence-corrected chi connectivity index (χ0v) is 9.20. The van der Waals surface area contributed by atoms with E-state index in [9.17, 15) is 4.79 Å². The van der Waals surface area contributed by atoms with E-state index in [4.69, 9.17) is 5.11 Å². The molecule has 1 heterocycles. The van der Waals surface area contributed by atoms with Gasteiger partial charge in [0, 0.05) is 6.04 Å². The minimum absolute atomic E-state index is 0.250. The van der Waals surface area contributed by atoms with Crippen LogP contribution in [-0.2, 0) is 4.79 Å². The molecule has 0 aromatic heterocycles. The van der Waals surface area contributed by atoms with E-state index in [-0.39, 0.29) is 6.04 Å². The van der Waals surface area contributed by atoms with E-state index in [1.165, 1.54) is 12.8 Å². The second-order valence-corrected chi connectivity index (χ2v) is 4.38. The number of hydrogen-bond donors (Lipinski definition) is 1. The van der Waals surface area contributed by atoms with Crippen molar-refractivity contribution in [3.05, 3.63) is 0 Å². The first-order valence-electron chi connectivity index (χ1n) is 5.59. The molecule has 1 rings (SSSR count). The van der Waals surface area contributed by atoms with Gasteiger partial charge in [0.05, 0.1) is 6.42 Å². The van der Waals surface area contributed by atoms with Crippen LogP contribution in [0.3, 0.4) is 0 Å². The molecule has 1 unspecified atom stereocenters. The van der Waals surface area contributed by atoms with Gasteiger partial charge in [0.25, 0.3) is 0 Å². The summed E-state index contributed by atoms with van der Waals surface area (Å²) >= 11 is 0. The average Bonchev–Trinajstić information content (AvgIpc) is 2.15. The standard InChI is InChI=1S/C11H21NO2/c1-3-10(8-11(13)14)12-6-4-9(2)5-7-12/h9-10H,3-8H2,1-2H3,(H,13,14). The predicted molar refractivity (Wildman–Crippen MR) is 56.3 cm³/mol. The Bertz CT molecular complexity index is 186. The van der Waals surface area contributed by atoms with Crippen molar-refractivity contribution in [2.45, 2.75) is 45.6 Å². The number of carboxylic acids is 1. The Morgan fingerprint density at radius 3 is 2.50 bits per heavy atom. The zero-order valence-electron chi connectivity index (χ0n) is 9.20. The molecule has 0 amide bonds. The van der Waals surface area contributed by atoms with Gasteiger partial charge >= 0.3 is 5.97 Å². The smallest absolute Gasteiger partial charge is 0.304 e. The fourth-order valence-corrected chi connectivity index (χ4v) is 2.13. The van der Waals surface area contributed by atoms with Gasteiger partial charge in [-0.25, -0.2) is 0 Å². The number of piperidine rings is 1. The third-order valence-electron chi connectivity index (χ3n) is 3.22. The van der Waals surface area contributed by atoms with Crippen LogP contribution in [0, 0.1) is 5.92 Å². The van der Waals surface area contributed by atoms with E-state index in [0.29, 0.717) is 6.42 Å². The highest BCUT2D eigenvalue weighted by atomic mass is 16.4. The lowest BCUT2D eigenvalue weighted by Crippen LogP contribution is -2.41. The topological polar surface area (TPSA) is 40.5 Å². The maximum Gasteiger partial charge on any atom is 0.304 e. The number of carbonyl (C=O) groups is 1. The highest BCUT2D eigenvalue weighted by Gasteiger charge is 2.23. The number of aliphatic carboxylic acids is 1. The Hall–Kier alpha value is -0.570. The Morgan fingerprint density at radius 1 is 1.50 bits per heavy atom. The zero-order chi connectivity index (χ0) is 10.6. The number of likely N-dealkylation sites (tertiary alicyclic amines) is 1. The normalized spacial score (nSPS) is 22.1. The first-order valence-corrected chi connectivity index (χ1v) is 5.59. The number of carboxylic acid groups (broad SMARTS) is 1. The third-order valence-corrected chi connectivity index (χ3v) is 3.22. The minimum atomic E-state index is -0.671. The molecule has 3 nitrogen and oxygen atoms in total. The molecule has 1 fully saturated rings. The van der Waals surface area contributed by atoms with Crippen LogP contribution < -0.4 is 0 Å². The molecule has 0 saturated carbocycles. The van der Waals surface area contributed by atoms with Crippen molar-refractivity contribution >= 4 is 5.97 Å².